The number of thiocarbonyl (C=S) groups is 1. The van der Waals surface area contributed by atoms with Gasteiger partial charge >= 0.3 is 0 Å². The Labute approximate surface area is 184 Å². The highest BCUT2D eigenvalue weighted by atomic mass is 79.9. The van der Waals surface area contributed by atoms with Crippen molar-refractivity contribution in [2.24, 2.45) is 0 Å². The van der Waals surface area contributed by atoms with Crippen LogP contribution in [0.5, 0.6) is 11.5 Å². The van der Waals surface area contributed by atoms with Crippen LogP contribution in [0.15, 0.2) is 50.2 Å². The van der Waals surface area contributed by atoms with Crippen LogP contribution in [-0.2, 0) is 4.79 Å². The lowest BCUT2D eigenvalue weighted by Gasteiger charge is -2.15. The van der Waals surface area contributed by atoms with Gasteiger partial charge in [-0.05, 0) is 65.3 Å². The van der Waals surface area contributed by atoms with Crippen LogP contribution < -0.4 is 14.4 Å². The number of ether oxygens (including phenoxy) is 2. The van der Waals surface area contributed by atoms with Gasteiger partial charge in [-0.3, -0.25) is 9.69 Å². The molecule has 0 N–H and O–H groups in total. The van der Waals surface area contributed by atoms with E-state index in [-0.39, 0.29) is 5.91 Å². The van der Waals surface area contributed by atoms with E-state index < -0.39 is 0 Å². The molecule has 0 aliphatic carbocycles. The number of amides is 1. The molecule has 2 aromatic carbocycles. The Balaban J connectivity index is 1.93. The van der Waals surface area contributed by atoms with Crippen molar-refractivity contribution in [1.82, 2.24) is 0 Å². The van der Waals surface area contributed by atoms with E-state index in [1.54, 1.807) is 13.2 Å². The minimum Gasteiger partial charge on any atom is -0.495 e. The molecular weight excluding hydrogens is 514 g/mol. The van der Waals surface area contributed by atoms with Crippen LogP contribution in [0.4, 0.5) is 5.69 Å². The second-order valence-electron chi connectivity index (χ2n) is 5.45. The zero-order valence-electron chi connectivity index (χ0n) is 14.5. The first kappa shape index (κ1) is 20.4. The molecule has 0 saturated carbocycles. The van der Waals surface area contributed by atoms with Crippen LogP contribution in [0.2, 0.25) is 0 Å². The fraction of sp³-hybridized carbons (Fsp3) is 0.158. The van der Waals surface area contributed by atoms with Crippen LogP contribution in [-0.4, -0.2) is 23.9 Å². The zero-order valence-corrected chi connectivity index (χ0v) is 19.3. The fourth-order valence-electron chi connectivity index (χ4n) is 2.59. The molecule has 3 rings (SSSR count). The number of hydrogen-bond donors (Lipinski definition) is 0. The molecule has 27 heavy (non-hydrogen) atoms. The number of benzene rings is 2. The number of thioether (sulfide) groups is 1. The monoisotopic (exact) mass is 527 g/mol. The van der Waals surface area contributed by atoms with Crippen LogP contribution in [0.1, 0.15) is 12.5 Å². The van der Waals surface area contributed by atoms with E-state index in [1.165, 1.54) is 16.7 Å². The van der Waals surface area contributed by atoms with Crippen LogP contribution in [0.25, 0.3) is 6.08 Å². The fourth-order valence-corrected chi connectivity index (χ4v) is 5.30. The molecule has 0 bridgehead atoms. The van der Waals surface area contributed by atoms with E-state index in [1.807, 2.05) is 43.3 Å². The van der Waals surface area contributed by atoms with Crippen molar-refractivity contribution in [2.75, 3.05) is 18.6 Å². The summed E-state index contributed by atoms with van der Waals surface area (Å²) >= 11 is 13.6. The molecule has 0 aromatic heterocycles. The Hall–Kier alpha value is -1.35. The second kappa shape index (κ2) is 8.77. The number of halogens is 2. The van der Waals surface area contributed by atoms with Gasteiger partial charge in [-0.25, -0.2) is 0 Å². The maximum absolute atomic E-state index is 13.0. The first-order chi connectivity index (χ1) is 12.9. The molecule has 8 heteroatoms. The Kier molecular flexibility index (Phi) is 6.62. The molecule has 140 valence electrons. The van der Waals surface area contributed by atoms with E-state index in [0.29, 0.717) is 27.3 Å². The predicted molar refractivity (Wildman–Crippen MR) is 122 cm³/mol. The zero-order chi connectivity index (χ0) is 19.6. The highest BCUT2D eigenvalue weighted by molar-refractivity contribution is 9.11. The van der Waals surface area contributed by atoms with Gasteiger partial charge in [-0.2, -0.15) is 0 Å². The number of rotatable bonds is 5. The minimum atomic E-state index is -0.160. The van der Waals surface area contributed by atoms with Gasteiger partial charge in [0, 0.05) is 10.0 Å². The number of methoxy groups -OCH3 is 1. The van der Waals surface area contributed by atoms with Gasteiger partial charge < -0.3 is 9.47 Å². The predicted octanol–water partition coefficient (Wildman–Crippen LogP) is 6.02. The molecule has 1 aliphatic heterocycles. The summed E-state index contributed by atoms with van der Waals surface area (Å²) in [7, 11) is 1.59. The summed E-state index contributed by atoms with van der Waals surface area (Å²) in [6.45, 7) is 2.52. The summed E-state index contributed by atoms with van der Waals surface area (Å²) in [4.78, 5) is 15.0. The summed E-state index contributed by atoms with van der Waals surface area (Å²) in [6.07, 6.45) is 1.79. The smallest absolute Gasteiger partial charge is 0.270 e. The Morgan fingerprint density at radius 3 is 2.56 bits per heavy atom. The second-order valence-corrected chi connectivity index (χ2v) is 8.90. The normalized spacial score (nSPS) is 15.6. The number of nitrogens with zero attached hydrogens (tertiary/aromatic N) is 1. The Morgan fingerprint density at radius 1 is 1.22 bits per heavy atom. The van der Waals surface area contributed by atoms with E-state index in [2.05, 4.69) is 31.9 Å². The third-order valence-electron chi connectivity index (χ3n) is 3.73. The minimum absolute atomic E-state index is 0.160. The summed E-state index contributed by atoms with van der Waals surface area (Å²) in [5.41, 5.74) is 1.50. The lowest BCUT2D eigenvalue weighted by molar-refractivity contribution is -0.113. The summed E-state index contributed by atoms with van der Waals surface area (Å²) in [6, 6.07) is 11.1. The van der Waals surface area contributed by atoms with Crippen LogP contribution in [0.3, 0.4) is 0 Å². The van der Waals surface area contributed by atoms with Crippen LogP contribution in [0, 0.1) is 0 Å². The topological polar surface area (TPSA) is 38.8 Å². The van der Waals surface area contributed by atoms with Gasteiger partial charge in [0.25, 0.3) is 5.91 Å². The van der Waals surface area contributed by atoms with E-state index in [0.717, 1.165) is 20.3 Å². The lowest BCUT2D eigenvalue weighted by Crippen LogP contribution is -2.27. The van der Waals surface area contributed by atoms with E-state index >= 15 is 0 Å². The third kappa shape index (κ3) is 4.39. The maximum atomic E-state index is 13.0. The molecule has 1 aliphatic rings. The lowest BCUT2D eigenvalue weighted by atomic mass is 10.2. The molecule has 4 nitrogen and oxygen atoms in total. The molecular formula is C19H15Br2NO3S2. The first-order valence-electron chi connectivity index (χ1n) is 7.98. The van der Waals surface area contributed by atoms with Gasteiger partial charge in [0.2, 0.25) is 0 Å². The molecule has 0 radical (unpaired) electrons. The van der Waals surface area contributed by atoms with Crippen molar-refractivity contribution in [1.29, 1.82) is 0 Å². The van der Waals surface area contributed by atoms with Gasteiger partial charge in [0.15, 0.2) is 4.32 Å². The van der Waals surface area contributed by atoms with Gasteiger partial charge in [-0.1, -0.05) is 39.9 Å². The molecule has 1 saturated heterocycles. The van der Waals surface area contributed by atoms with Crippen molar-refractivity contribution >= 4 is 77.8 Å². The van der Waals surface area contributed by atoms with E-state index in [9.17, 15) is 4.79 Å². The number of hydrogen-bond acceptors (Lipinski definition) is 5. The highest BCUT2D eigenvalue weighted by Gasteiger charge is 2.33. The Bertz CT molecular complexity index is 929. The largest absolute Gasteiger partial charge is 0.495 e. The average molecular weight is 529 g/mol. The Morgan fingerprint density at radius 2 is 1.93 bits per heavy atom. The number of carbonyl (C=O) groups excluding carboxylic acids is 1. The number of anilines is 1. The highest BCUT2D eigenvalue weighted by Crippen LogP contribution is 2.39. The first-order valence-corrected chi connectivity index (χ1v) is 10.8. The van der Waals surface area contributed by atoms with Crippen molar-refractivity contribution in [3.8, 4) is 11.5 Å². The molecule has 0 atom stereocenters. The average Bonchev–Trinajstić information content (AvgIpc) is 2.89. The SMILES string of the molecule is CCOc1ccc(N2C(=O)/C(=C\c3cc(Br)cc(Br)c3OC)SC2=S)cc1. The molecule has 0 unspecified atom stereocenters. The molecule has 0 spiro atoms. The van der Waals surface area contributed by atoms with Crippen molar-refractivity contribution in [3.63, 3.8) is 0 Å². The van der Waals surface area contributed by atoms with Crippen molar-refractivity contribution in [2.45, 2.75) is 6.92 Å². The molecule has 1 heterocycles. The van der Waals surface area contributed by atoms with Crippen molar-refractivity contribution < 1.29 is 14.3 Å². The van der Waals surface area contributed by atoms with E-state index in [4.69, 9.17) is 21.7 Å². The quantitative estimate of drug-likeness (QED) is 0.350. The molecule has 1 fully saturated rings. The summed E-state index contributed by atoms with van der Waals surface area (Å²) in [5, 5.41) is 0. The van der Waals surface area contributed by atoms with Gasteiger partial charge in [-0.15, -0.1) is 0 Å². The van der Waals surface area contributed by atoms with Gasteiger partial charge in [0.1, 0.15) is 11.5 Å². The third-order valence-corrected chi connectivity index (χ3v) is 6.08. The van der Waals surface area contributed by atoms with Gasteiger partial charge in [0.05, 0.1) is 28.8 Å². The maximum Gasteiger partial charge on any atom is 0.270 e. The molecule has 2 aromatic rings. The number of carbonyl (C=O) groups is 1. The molecule has 1 amide bonds. The summed E-state index contributed by atoms with van der Waals surface area (Å²) in [5.74, 6) is 1.25. The standard InChI is InChI=1S/C19H15Br2NO3S2/c1-3-25-14-6-4-13(5-7-14)22-18(23)16(27-19(22)26)9-11-8-12(20)10-15(21)17(11)24-2/h4-10H,3H2,1-2H3/b16-9+. The summed E-state index contributed by atoms with van der Waals surface area (Å²) < 4.78 is 13.1. The van der Waals surface area contributed by atoms with Crippen LogP contribution >= 0.6 is 55.8 Å². The van der Waals surface area contributed by atoms with Crippen molar-refractivity contribution in [3.05, 3.63) is 55.8 Å².